The van der Waals surface area contributed by atoms with Gasteiger partial charge in [-0.15, -0.1) is 0 Å². The molecular formula is C17H30N2. The van der Waals surface area contributed by atoms with Gasteiger partial charge in [-0.2, -0.15) is 0 Å². The van der Waals surface area contributed by atoms with Gasteiger partial charge in [0.2, 0.25) is 0 Å². The lowest BCUT2D eigenvalue weighted by Crippen LogP contribution is -2.34. The smallest absolute Gasteiger partial charge is 0.00822 e. The first-order chi connectivity index (χ1) is 9.30. The molecule has 1 aromatic rings. The molecule has 0 aliphatic heterocycles. The molecule has 19 heavy (non-hydrogen) atoms. The van der Waals surface area contributed by atoms with Crippen molar-refractivity contribution in [3.63, 3.8) is 0 Å². The molecule has 2 heteroatoms. The van der Waals surface area contributed by atoms with Gasteiger partial charge in [0.05, 0.1) is 0 Å². The van der Waals surface area contributed by atoms with Crippen LogP contribution < -0.4 is 5.32 Å². The molecule has 0 fully saturated rings. The Morgan fingerprint density at radius 1 is 1.00 bits per heavy atom. The summed E-state index contributed by atoms with van der Waals surface area (Å²) in [4.78, 5) is 2.51. The molecule has 0 heterocycles. The van der Waals surface area contributed by atoms with Crippen LogP contribution >= 0.6 is 0 Å². The zero-order chi connectivity index (χ0) is 13.9. The standard InChI is InChI=1S/C17H30N2/c1-4-18-17(14-15-19(5-2)6-3)13-12-16-10-8-7-9-11-16/h7-11,17-18H,4-6,12-15H2,1-3H3. The van der Waals surface area contributed by atoms with Crippen LogP contribution in [0.15, 0.2) is 30.3 Å². The lowest BCUT2D eigenvalue weighted by molar-refractivity contribution is 0.278. The van der Waals surface area contributed by atoms with Crippen LogP contribution in [0, 0.1) is 0 Å². The van der Waals surface area contributed by atoms with E-state index in [0.29, 0.717) is 6.04 Å². The summed E-state index contributed by atoms with van der Waals surface area (Å²) in [5.74, 6) is 0. The summed E-state index contributed by atoms with van der Waals surface area (Å²) >= 11 is 0. The Hall–Kier alpha value is -0.860. The molecule has 108 valence electrons. The number of nitrogens with zero attached hydrogens (tertiary/aromatic N) is 1. The number of nitrogens with one attached hydrogen (secondary N) is 1. The van der Waals surface area contributed by atoms with Crippen molar-refractivity contribution in [2.24, 2.45) is 0 Å². The Morgan fingerprint density at radius 3 is 2.26 bits per heavy atom. The molecule has 1 atom stereocenters. The van der Waals surface area contributed by atoms with E-state index in [1.165, 1.54) is 31.4 Å². The van der Waals surface area contributed by atoms with Crippen molar-refractivity contribution in [2.45, 2.75) is 46.1 Å². The van der Waals surface area contributed by atoms with E-state index in [0.717, 1.165) is 19.6 Å². The number of aryl methyl sites for hydroxylation is 1. The summed E-state index contributed by atoms with van der Waals surface area (Å²) in [7, 11) is 0. The van der Waals surface area contributed by atoms with E-state index >= 15 is 0 Å². The largest absolute Gasteiger partial charge is 0.314 e. The first-order valence-electron chi connectivity index (χ1n) is 7.79. The second-order valence-electron chi connectivity index (χ2n) is 5.09. The monoisotopic (exact) mass is 262 g/mol. The zero-order valence-electron chi connectivity index (χ0n) is 12.9. The van der Waals surface area contributed by atoms with Gasteiger partial charge in [-0.25, -0.2) is 0 Å². The summed E-state index contributed by atoms with van der Waals surface area (Å²) < 4.78 is 0. The van der Waals surface area contributed by atoms with Crippen molar-refractivity contribution in [2.75, 3.05) is 26.2 Å². The molecular weight excluding hydrogens is 232 g/mol. The molecule has 0 spiro atoms. The molecule has 0 aliphatic rings. The van der Waals surface area contributed by atoms with Crippen LogP contribution in [-0.2, 0) is 6.42 Å². The Balaban J connectivity index is 2.35. The van der Waals surface area contributed by atoms with E-state index in [2.05, 4.69) is 61.3 Å². The van der Waals surface area contributed by atoms with Gasteiger partial charge in [0, 0.05) is 6.04 Å². The third kappa shape index (κ3) is 6.74. The molecule has 0 amide bonds. The summed E-state index contributed by atoms with van der Waals surface area (Å²) in [6, 6.07) is 11.5. The van der Waals surface area contributed by atoms with Crippen LogP contribution in [0.2, 0.25) is 0 Å². The highest BCUT2D eigenvalue weighted by atomic mass is 15.1. The molecule has 0 saturated heterocycles. The zero-order valence-corrected chi connectivity index (χ0v) is 12.9. The summed E-state index contributed by atoms with van der Waals surface area (Å²) in [6.07, 6.45) is 3.66. The van der Waals surface area contributed by atoms with Gasteiger partial charge in [0.25, 0.3) is 0 Å². The Labute approximate surface area is 119 Å². The van der Waals surface area contributed by atoms with E-state index in [9.17, 15) is 0 Å². The minimum Gasteiger partial charge on any atom is -0.314 e. The average Bonchev–Trinajstić information content (AvgIpc) is 2.46. The molecule has 1 N–H and O–H groups in total. The molecule has 0 aromatic heterocycles. The fourth-order valence-electron chi connectivity index (χ4n) is 2.50. The lowest BCUT2D eigenvalue weighted by Gasteiger charge is -2.23. The maximum Gasteiger partial charge on any atom is 0.00822 e. The van der Waals surface area contributed by atoms with E-state index < -0.39 is 0 Å². The Kier molecular flexibility index (Phi) is 8.52. The van der Waals surface area contributed by atoms with Gasteiger partial charge in [-0.3, -0.25) is 0 Å². The third-order valence-corrected chi connectivity index (χ3v) is 3.81. The molecule has 0 saturated carbocycles. The van der Waals surface area contributed by atoms with Crippen molar-refractivity contribution in [1.82, 2.24) is 10.2 Å². The number of rotatable bonds is 10. The molecule has 2 nitrogen and oxygen atoms in total. The van der Waals surface area contributed by atoms with Gasteiger partial charge >= 0.3 is 0 Å². The van der Waals surface area contributed by atoms with Gasteiger partial charge in [-0.05, 0) is 51.0 Å². The molecule has 0 radical (unpaired) electrons. The van der Waals surface area contributed by atoms with Gasteiger partial charge < -0.3 is 10.2 Å². The minimum absolute atomic E-state index is 0.644. The third-order valence-electron chi connectivity index (χ3n) is 3.81. The summed E-state index contributed by atoms with van der Waals surface area (Å²) in [5.41, 5.74) is 1.45. The van der Waals surface area contributed by atoms with Crippen LogP contribution in [0.3, 0.4) is 0 Å². The highest BCUT2D eigenvalue weighted by Gasteiger charge is 2.09. The normalized spacial score (nSPS) is 12.8. The fraction of sp³-hybridized carbons (Fsp3) is 0.647. The van der Waals surface area contributed by atoms with Crippen LogP contribution in [0.4, 0.5) is 0 Å². The number of hydrogen-bond acceptors (Lipinski definition) is 2. The molecule has 1 aromatic carbocycles. The molecule has 0 bridgehead atoms. The fourth-order valence-corrected chi connectivity index (χ4v) is 2.50. The maximum absolute atomic E-state index is 3.63. The first-order valence-corrected chi connectivity index (χ1v) is 7.79. The van der Waals surface area contributed by atoms with Crippen molar-refractivity contribution >= 4 is 0 Å². The van der Waals surface area contributed by atoms with Crippen molar-refractivity contribution in [1.29, 1.82) is 0 Å². The first kappa shape index (κ1) is 16.2. The van der Waals surface area contributed by atoms with E-state index in [1.54, 1.807) is 0 Å². The number of hydrogen-bond donors (Lipinski definition) is 1. The SMILES string of the molecule is CCNC(CCc1ccccc1)CCN(CC)CC. The number of benzene rings is 1. The Bertz CT molecular complexity index is 306. The average molecular weight is 262 g/mol. The van der Waals surface area contributed by atoms with Crippen molar-refractivity contribution in [3.8, 4) is 0 Å². The highest BCUT2D eigenvalue weighted by molar-refractivity contribution is 5.14. The predicted octanol–water partition coefficient (Wildman–Crippen LogP) is 3.33. The van der Waals surface area contributed by atoms with E-state index in [4.69, 9.17) is 0 Å². The molecule has 0 aliphatic carbocycles. The second kappa shape index (κ2) is 9.99. The molecule has 1 rings (SSSR count). The summed E-state index contributed by atoms with van der Waals surface area (Å²) in [5, 5.41) is 3.63. The van der Waals surface area contributed by atoms with Gasteiger partial charge in [0.15, 0.2) is 0 Å². The van der Waals surface area contributed by atoms with Crippen molar-refractivity contribution < 1.29 is 0 Å². The van der Waals surface area contributed by atoms with Crippen LogP contribution in [-0.4, -0.2) is 37.1 Å². The highest BCUT2D eigenvalue weighted by Crippen LogP contribution is 2.08. The van der Waals surface area contributed by atoms with Crippen LogP contribution in [0.5, 0.6) is 0 Å². The van der Waals surface area contributed by atoms with Crippen LogP contribution in [0.1, 0.15) is 39.2 Å². The summed E-state index contributed by atoms with van der Waals surface area (Å²) in [6.45, 7) is 11.3. The minimum atomic E-state index is 0.644. The maximum atomic E-state index is 3.63. The van der Waals surface area contributed by atoms with Gasteiger partial charge in [0.1, 0.15) is 0 Å². The van der Waals surface area contributed by atoms with Crippen LogP contribution in [0.25, 0.3) is 0 Å². The quantitative estimate of drug-likeness (QED) is 0.696. The lowest BCUT2D eigenvalue weighted by atomic mass is 10.0. The van der Waals surface area contributed by atoms with E-state index in [1.807, 2.05) is 0 Å². The Morgan fingerprint density at radius 2 is 1.68 bits per heavy atom. The van der Waals surface area contributed by atoms with Crippen molar-refractivity contribution in [3.05, 3.63) is 35.9 Å². The van der Waals surface area contributed by atoms with E-state index in [-0.39, 0.29) is 0 Å². The predicted molar refractivity (Wildman–Crippen MR) is 84.6 cm³/mol. The van der Waals surface area contributed by atoms with Gasteiger partial charge in [-0.1, -0.05) is 51.1 Å². The molecule has 1 unspecified atom stereocenters. The second-order valence-corrected chi connectivity index (χ2v) is 5.09. The topological polar surface area (TPSA) is 15.3 Å².